The molecule has 2 aliphatic heterocycles. The number of aryl methyl sites for hydroxylation is 2. The summed E-state index contributed by atoms with van der Waals surface area (Å²) >= 11 is 0. The number of nitrogens with zero attached hydrogens (tertiary/aromatic N) is 3. The molecule has 3 heterocycles. The van der Waals surface area contributed by atoms with Crippen molar-refractivity contribution < 1.29 is 9.59 Å². The van der Waals surface area contributed by atoms with Gasteiger partial charge < -0.3 is 9.80 Å². The molecule has 2 aliphatic rings. The minimum absolute atomic E-state index is 0.0559. The number of hydrogen-bond donors (Lipinski definition) is 0. The van der Waals surface area contributed by atoms with E-state index in [9.17, 15) is 9.59 Å². The molecular weight excluding hydrogens is 362 g/mol. The van der Waals surface area contributed by atoms with Gasteiger partial charge in [-0.15, -0.1) is 0 Å². The van der Waals surface area contributed by atoms with Gasteiger partial charge in [0.1, 0.15) is 5.69 Å². The number of hydrogen-bond acceptors (Lipinski definition) is 3. The quantitative estimate of drug-likeness (QED) is 0.784. The van der Waals surface area contributed by atoms with Gasteiger partial charge in [0.2, 0.25) is 5.91 Å². The van der Waals surface area contributed by atoms with Crippen LogP contribution in [0.15, 0.2) is 48.5 Å². The molecule has 1 aromatic heterocycles. The fourth-order valence-electron chi connectivity index (χ4n) is 4.73. The van der Waals surface area contributed by atoms with E-state index in [1.807, 2.05) is 34.9 Å². The van der Waals surface area contributed by atoms with Crippen molar-refractivity contribution in [1.29, 1.82) is 0 Å². The lowest BCUT2D eigenvalue weighted by Crippen LogP contribution is -2.50. The normalized spacial score (nSPS) is 21.8. The second-order valence-corrected chi connectivity index (χ2v) is 8.41. The van der Waals surface area contributed by atoms with E-state index >= 15 is 0 Å². The summed E-state index contributed by atoms with van der Waals surface area (Å²) in [7, 11) is 0. The van der Waals surface area contributed by atoms with Crippen molar-refractivity contribution in [2.24, 2.45) is 5.41 Å². The third kappa shape index (κ3) is 4.19. The van der Waals surface area contributed by atoms with Crippen LogP contribution in [-0.4, -0.2) is 52.8 Å². The first-order chi connectivity index (χ1) is 14.1. The number of amides is 2. The molecule has 5 heteroatoms. The number of rotatable bonds is 5. The van der Waals surface area contributed by atoms with Crippen LogP contribution < -0.4 is 0 Å². The summed E-state index contributed by atoms with van der Waals surface area (Å²) in [6.45, 7) is 4.68. The fourth-order valence-corrected chi connectivity index (χ4v) is 4.73. The average molecular weight is 392 g/mol. The Morgan fingerprint density at radius 2 is 1.90 bits per heavy atom. The van der Waals surface area contributed by atoms with Gasteiger partial charge in [-0.1, -0.05) is 36.4 Å². The van der Waals surface area contributed by atoms with Gasteiger partial charge in [0, 0.05) is 31.9 Å². The van der Waals surface area contributed by atoms with Gasteiger partial charge in [-0.25, -0.2) is 4.98 Å². The van der Waals surface area contributed by atoms with Gasteiger partial charge in [-0.3, -0.25) is 9.59 Å². The molecule has 0 N–H and O–H groups in total. The molecule has 4 rings (SSSR count). The lowest BCUT2D eigenvalue weighted by atomic mass is 9.78. The Kier molecular flexibility index (Phi) is 5.65. The maximum Gasteiger partial charge on any atom is 0.272 e. The second-order valence-electron chi connectivity index (χ2n) is 8.41. The summed E-state index contributed by atoms with van der Waals surface area (Å²) in [6, 6.07) is 15.9. The lowest BCUT2D eigenvalue weighted by Gasteiger charge is -2.39. The summed E-state index contributed by atoms with van der Waals surface area (Å²) < 4.78 is 0. The van der Waals surface area contributed by atoms with Gasteiger partial charge in [0.15, 0.2) is 0 Å². The molecular formula is C24H29N3O2. The molecule has 5 nitrogen and oxygen atoms in total. The number of aromatic nitrogens is 1. The van der Waals surface area contributed by atoms with Crippen molar-refractivity contribution in [1.82, 2.24) is 14.8 Å². The molecule has 1 atom stereocenters. The molecule has 29 heavy (non-hydrogen) atoms. The summed E-state index contributed by atoms with van der Waals surface area (Å²) in [5, 5.41) is 0. The van der Waals surface area contributed by atoms with Crippen LogP contribution in [0.2, 0.25) is 0 Å². The molecule has 2 aromatic rings. The van der Waals surface area contributed by atoms with Gasteiger partial charge >= 0.3 is 0 Å². The van der Waals surface area contributed by atoms with Gasteiger partial charge in [-0.2, -0.15) is 0 Å². The van der Waals surface area contributed by atoms with E-state index in [0.29, 0.717) is 18.8 Å². The number of carbonyl (C=O) groups excluding carboxylic acids is 2. The lowest BCUT2D eigenvalue weighted by molar-refractivity contribution is -0.145. The Bertz CT molecular complexity index is 883. The molecule has 1 spiro atoms. The van der Waals surface area contributed by atoms with E-state index in [1.165, 1.54) is 5.56 Å². The highest BCUT2D eigenvalue weighted by molar-refractivity contribution is 5.94. The number of piperidine rings is 1. The standard InChI is InChI=1S/C24H29N3O2/c1-19-8-5-12-21(25-19)22(28)27-17-14-24(18-27)13-7-16-26(23(24)29)15-6-11-20-9-3-2-4-10-20/h2-5,8-10,12H,6-7,11,13-18H2,1H3/t24-/m0/s1. The smallest absolute Gasteiger partial charge is 0.272 e. The summed E-state index contributed by atoms with van der Waals surface area (Å²) in [5.41, 5.74) is 2.23. The Balaban J connectivity index is 1.37. The third-order valence-corrected chi connectivity index (χ3v) is 6.31. The van der Waals surface area contributed by atoms with Crippen LogP contribution in [0.25, 0.3) is 0 Å². The predicted molar refractivity (Wildman–Crippen MR) is 113 cm³/mol. The minimum Gasteiger partial charge on any atom is -0.342 e. The van der Waals surface area contributed by atoms with E-state index < -0.39 is 5.41 Å². The molecule has 0 unspecified atom stereocenters. The molecule has 2 fully saturated rings. The molecule has 2 amide bonds. The fraction of sp³-hybridized carbons (Fsp3) is 0.458. The highest BCUT2D eigenvalue weighted by Crippen LogP contribution is 2.40. The minimum atomic E-state index is -0.398. The first kappa shape index (κ1) is 19.6. The van der Waals surface area contributed by atoms with E-state index in [2.05, 4.69) is 29.2 Å². The van der Waals surface area contributed by atoms with Crippen molar-refractivity contribution in [3.8, 4) is 0 Å². The van der Waals surface area contributed by atoms with Crippen molar-refractivity contribution in [2.45, 2.75) is 39.0 Å². The number of pyridine rings is 1. The van der Waals surface area contributed by atoms with E-state index in [-0.39, 0.29) is 11.8 Å². The van der Waals surface area contributed by atoms with Crippen molar-refractivity contribution in [3.63, 3.8) is 0 Å². The zero-order chi connectivity index (χ0) is 20.3. The first-order valence-corrected chi connectivity index (χ1v) is 10.6. The van der Waals surface area contributed by atoms with Crippen molar-refractivity contribution in [3.05, 3.63) is 65.5 Å². The molecule has 2 saturated heterocycles. The Morgan fingerprint density at radius 3 is 2.69 bits per heavy atom. The zero-order valence-corrected chi connectivity index (χ0v) is 17.1. The zero-order valence-electron chi connectivity index (χ0n) is 17.1. The molecule has 0 aliphatic carbocycles. The van der Waals surface area contributed by atoms with Crippen LogP contribution >= 0.6 is 0 Å². The van der Waals surface area contributed by atoms with Gasteiger partial charge in [-0.05, 0) is 56.7 Å². The maximum absolute atomic E-state index is 13.3. The van der Waals surface area contributed by atoms with Crippen LogP contribution in [0.3, 0.4) is 0 Å². The summed E-state index contributed by atoms with van der Waals surface area (Å²) in [5.74, 6) is 0.184. The number of likely N-dealkylation sites (tertiary alicyclic amines) is 2. The largest absolute Gasteiger partial charge is 0.342 e. The number of carbonyl (C=O) groups is 2. The molecule has 0 saturated carbocycles. The monoisotopic (exact) mass is 391 g/mol. The Hall–Kier alpha value is -2.69. The van der Waals surface area contributed by atoms with E-state index in [4.69, 9.17) is 0 Å². The van der Waals surface area contributed by atoms with Gasteiger partial charge in [0.05, 0.1) is 5.41 Å². The van der Waals surface area contributed by atoms with E-state index in [0.717, 1.165) is 50.9 Å². The molecule has 0 radical (unpaired) electrons. The van der Waals surface area contributed by atoms with Crippen molar-refractivity contribution >= 4 is 11.8 Å². The highest BCUT2D eigenvalue weighted by Gasteiger charge is 2.49. The summed E-state index contributed by atoms with van der Waals surface area (Å²) in [6.07, 6.45) is 4.62. The number of benzene rings is 1. The Morgan fingerprint density at radius 1 is 1.07 bits per heavy atom. The Labute approximate surface area is 172 Å². The molecule has 152 valence electrons. The summed E-state index contributed by atoms with van der Waals surface area (Å²) in [4.78, 5) is 34.4. The maximum atomic E-state index is 13.3. The topological polar surface area (TPSA) is 53.5 Å². The van der Waals surface area contributed by atoms with Gasteiger partial charge in [0.25, 0.3) is 5.91 Å². The average Bonchev–Trinajstić information content (AvgIpc) is 3.16. The van der Waals surface area contributed by atoms with Crippen LogP contribution in [0.4, 0.5) is 0 Å². The first-order valence-electron chi connectivity index (χ1n) is 10.6. The van der Waals surface area contributed by atoms with Crippen LogP contribution in [0, 0.1) is 12.3 Å². The van der Waals surface area contributed by atoms with Crippen LogP contribution in [-0.2, 0) is 11.2 Å². The van der Waals surface area contributed by atoms with Crippen LogP contribution in [0.1, 0.15) is 47.4 Å². The van der Waals surface area contributed by atoms with Crippen molar-refractivity contribution in [2.75, 3.05) is 26.2 Å². The SMILES string of the molecule is Cc1cccc(C(=O)N2CC[C@@]3(CCCN(CCCc4ccccc4)C3=O)C2)n1. The second kappa shape index (κ2) is 8.36. The molecule has 1 aromatic carbocycles. The van der Waals surface area contributed by atoms with E-state index in [1.54, 1.807) is 6.07 Å². The molecule has 0 bridgehead atoms. The van der Waals surface area contributed by atoms with Crippen LogP contribution in [0.5, 0.6) is 0 Å². The third-order valence-electron chi connectivity index (χ3n) is 6.31. The predicted octanol–water partition coefficient (Wildman–Crippen LogP) is 3.48. The highest BCUT2D eigenvalue weighted by atomic mass is 16.2.